The summed E-state index contributed by atoms with van der Waals surface area (Å²) in [6.07, 6.45) is 1.32. The van der Waals surface area contributed by atoms with Crippen LogP contribution < -0.4 is 9.62 Å². The lowest BCUT2D eigenvalue weighted by atomic mass is 10.1. The SMILES string of the molecule is CCNC(=O)[C@@H](CC)N(Cc1ccc(F)cc1)C(=O)CN(c1ccc(Cl)cc1)S(C)(=O)=O. The summed E-state index contributed by atoms with van der Waals surface area (Å²) in [4.78, 5) is 27.3. The molecule has 0 aliphatic carbocycles. The highest BCUT2D eigenvalue weighted by Gasteiger charge is 2.31. The fraction of sp³-hybridized carbons (Fsp3) is 0.364. The van der Waals surface area contributed by atoms with E-state index in [1.165, 1.54) is 53.4 Å². The maximum absolute atomic E-state index is 13.4. The lowest BCUT2D eigenvalue weighted by Crippen LogP contribution is -2.52. The number of halogens is 2. The number of hydrogen-bond donors (Lipinski definition) is 1. The molecule has 2 aromatic carbocycles. The van der Waals surface area contributed by atoms with E-state index < -0.39 is 34.3 Å². The molecule has 2 rings (SSSR count). The number of hydrogen-bond acceptors (Lipinski definition) is 4. The lowest BCUT2D eigenvalue weighted by Gasteiger charge is -2.32. The van der Waals surface area contributed by atoms with Crippen molar-refractivity contribution < 1.29 is 22.4 Å². The maximum Gasteiger partial charge on any atom is 0.244 e. The first-order valence-electron chi connectivity index (χ1n) is 10.1. The number of rotatable bonds is 10. The molecule has 0 saturated carbocycles. The van der Waals surface area contributed by atoms with Crippen LogP contribution in [0.5, 0.6) is 0 Å². The van der Waals surface area contributed by atoms with E-state index in [4.69, 9.17) is 11.6 Å². The monoisotopic (exact) mass is 483 g/mol. The van der Waals surface area contributed by atoms with Crippen LogP contribution in [0.3, 0.4) is 0 Å². The highest BCUT2D eigenvalue weighted by atomic mass is 35.5. The van der Waals surface area contributed by atoms with Crippen molar-refractivity contribution in [3.63, 3.8) is 0 Å². The van der Waals surface area contributed by atoms with Crippen molar-refractivity contribution in [2.24, 2.45) is 0 Å². The number of likely N-dealkylation sites (N-methyl/N-ethyl adjacent to an activating group) is 1. The molecule has 0 radical (unpaired) electrons. The molecule has 0 spiro atoms. The third-order valence-corrected chi connectivity index (χ3v) is 6.19. The van der Waals surface area contributed by atoms with Crippen LogP contribution in [0.1, 0.15) is 25.8 Å². The second-order valence-electron chi connectivity index (χ2n) is 7.21. The molecule has 0 aromatic heterocycles. The minimum atomic E-state index is -3.81. The van der Waals surface area contributed by atoms with Gasteiger partial charge in [0.1, 0.15) is 18.4 Å². The lowest BCUT2D eigenvalue weighted by molar-refractivity contribution is -0.140. The average molecular weight is 484 g/mol. The summed E-state index contributed by atoms with van der Waals surface area (Å²) < 4.78 is 39.2. The molecule has 0 saturated heterocycles. The van der Waals surface area contributed by atoms with Crippen LogP contribution in [0.2, 0.25) is 5.02 Å². The molecule has 0 aliphatic rings. The maximum atomic E-state index is 13.4. The first-order valence-corrected chi connectivity index (χ1v) is 12.3. The van der Waals surface area contributed by atoms with Crippen molar-refractivity contribution in [1.29, 1.82) is 0 Å². The van der Waals surface area contributed by atoms with Crippen molar-refractivity contribution in [3.05, 3.63) is 64.9 Å². The second kappa shape index (κ2) is 11.3. The van der Waals surface area contributed by atoms with Crippen LogP contribution in [0.4, 0.5) is 10.1 Å². The molecular weight excluding hydrogens is 457 g/mol. The van der Waals surface area contributed by atoms with Gasteiger partial charge in [-0.05, 0) is 55.3 Å². The van der Waals surface area contributed by atoms with Crippen molar-refractivity contribution in [2.45, 2.75) is 32.9 Å². The van der Waals surface area contributed by atoms with Crippen LogP contribution in [0.15, 0.2) is 48.5 Å². The molecule has 0 aliphatic heterocycles. The smallest absolute Gasteiger partial charge is 0.244 e. The summed E-state index contributed by atoms with van der Waals surface area (Å²) in [5.41, 5.74) is 0.887. The van der Waals surface area contributed by atoms with Crippen LogP contribution in [0, 0.1) is 5.82 Å². The number of amides is 2. The molecule has 0 heterocycles. The Morgan fingerprint density at radius 1 is 1.06 bits per heavy atom. The van der Waals surface area contributed by atoms with Gasteiger partial charge in [0.25, 0.3) is 0 Å². The largest absolute Gasteiger partial charge is 0.355 e. The van der Waals surface area contributed by atoms with E-state index in [1.54, 1.807) is 13.8 Å². The van der Waals surface area contributed by atoms with Crippen molar-refractivity contribution in [2.75, 3.05) is 23.7 Å². The van der Waals surface area contributed by atoms with Gasteiger partial charge >= 0.3 is 0 Å². The Kier molecular flexibility index (Phi) is 9.03. The number of nitrogens with zero attached hydrogens (tertiary/aromatic N) is 2. The molecule has 1 N–H and O–H groups in total. The van der Waals surface area contributed by atoms with E-state index in [9.17, 15) is 22.4 Å². The van der Waals surface area contributed by atoms with Gasteiger partial charge in [-0.3, -0.25) is 13.9 Å². The number of benzene rings is 2. The zero-order valence-electron chi connectivity index (χ0n) is 18.2. The van der Waals surface area contributed by atoms with Gasteiger partial charge in [-0.1, -0.05) is 30.7 Å². The van der Waals surface area contributed by atoms with Crippen molar-refractivity contribution in [3.8, 4) is 0 Å². The minimum absolute atomic E-state index is 0.0208. The Balaban J connectivity index is 2.40. The molecule has 0 bridgehead atoms. The molecule has 2 amide bonds. The molecule has 0 unspecified atom stereocenters. The summed E-state index contributed by atoms with van der Waals surface area (Å²) in [7, 11) is -3.81. The summed E-state index contributed by atoms with van der Waals surface area (Å²) in [6.45, 7) is 3.43. The van der Waals surface area contributed by atoms with Gasteiger partial charge in [-0.15, -0.1) is 0 Å². The van der Waals surface area contributed by atoms with Gasteiger partial charge in [-0.25, -0.2) is 12.8 Å². The van der Waals surface area contributed by atoms with Crippen LogP contribution in [0.25, 0.3) is 0 Å². The average Bonchev–Trinajstić information content (AvgIpc) is 2.73. The van der Waals surface area contributed by atoms with Gasteiger partial charge in [0.15, 0.2) is 0 Å². The molecule has 174 valence electrons. The molecule has 32 heavy (non-hydrogen) atoms. The molecule has 2 aromatic rings. The van der Waals surface area contributed by atoms with Gasteiger partial charge in [-0.2, -0.15) is 0 Å². The highest BCUT2D eigenvalue weighted by molar-refractivity contribution is 7.92. The van der Waals surface area contributed by atoms with E-state index in [0.717, 1.165) is 10.6 Å². The number of carbonyl (C=O) groups excluding carboxylic acids is 2. The van der Waals surface area contributed by atoms with Crippen LogP contribution in [-0.2, 0) is 26.2 Å². The summed E-state index contributed by atoms with van der Waals surface area (Å²) in [6, 6.07) is 10.8. The number of sulfonamides is 1. The molecule has 1 atom stereocenters. The summed E-state index contributed by atoms with van der Waals surface area (Å²) >= 11 is 5.90. The van der Waals surface area contributed by atoms with Crippen LogP contribution >= 0.6 is 11.6 Å². The molecule has 0 fully saturated rings. The second-order valence-corrected chi connectivity index (χ2v) is 9.56. The molecular formula is C22H27ClFN3O4S. The Morgan fingerprint density at radius 2 is 1.66 bits per heavy atom. The van der Waals surface area contributed by atoms with Gasteiger partial charge < -0.3 is 10.2 Å². The number of nitrogens with one attached hydrogen (secondary N) is 1. The number of anilines is 1. The third kappa shape index (κ3) is 6.93. The Bertz CT molecular complexity index is 1030. The first kappa shape index (κ1) is 25.6. The van der Waals surface area contributed by atoms with E-state index in [-0.39, 0.29) is 18.1 Å². The van der Waals surface area contributed by atoms with E-state index in [1.807, 2.05) is 0 Å². The summed E-state index contributed by atoms with van der Waals surface area (Å²) in [5.74, 6) is -1.33. The quantitative estimate of drug-likeness (QED) is 0.562. The van der Waals surface area contributed by atoms with Crippen LogP contribution in [-0.4, -0.2) is 50.5 Å². The third-order valence-electron chi connectivity index (χ3n) is 4.80. The fourth-order valence-corrected chi connectivity index (χ4v) is 4.19. The van der Waals surface area contributed by atoms with Crippen molar-refractivity contribution >= 4 is 39.1 Å². The Labute approximate surface area is 193 Å². The van der Waals surface area contributed by atoms with Gasteiger partial charge in [0, 0.05) is 18.1 Å². The molecule has 10 heteroatoms. The molecule has 7 nitrogen and oxygen atoms in total. The van der Waals surface area contributed by atoms with Gasteiger partial charge in [0.05, 0.1) is 11.9 Å². The predicted molar refractivity (Wildman–Crippen MR) is 123 cm³/mol. The first-order chi connectivity index (χ1) is 15.1. The summed E-state index contributed by atoms with van der Waals surface area (Å²) in [5, 5.41) is 3.13. The van der Waals surface area contributed by atoms with E-state index >= 15 is 0 Å². The van der Waals surface area contributed by atoms with E-state index in [2.05, 4.69) is 5.32 Å². The highest BCUT2D eigenvalue weighted by Crippen LogP contribution is 2.22. The number of carbonyl (C=O) groups is 2. The van der Waals surface area contributed by atoms with Crippen molar-refractivity contribution in [1.82, 2.24) is 10.2 Å². The standard InChI is InChI=1S/C22H27ClFN3O4S/c1-4-20(22(29)25-5-2)26(14-16-6-10-18(24)11-7-16)21(28)15-27(32(3,30)31)19-12-8-17(23)9-13-19/h6-13,20H,4-5,14-15H2,1-3H3,(H,25,29)/t20-/m1/s1. The Morgan fingerprint density at radius 3 is 2.16 bits per heavy atom. The van der Waals surface area contributed by atoms with E-state index in [0.29, 0.717) is 23.6 Å². The normalized spacial score (nSPS) is 12.2. The zero-order valence-corrected chi connectivity index (χ0v) is 19.8. The fourth-order valence-electron chi connectivity index (χ4n) is 3.22. The van der Waals surface area contributed by atoms with Gasteiger partial charge in [0.2, 0.25) is 21.8 Å². The topological polar surface area (TPSA) is 86.8 Å². The zero-order chi connectivity index (χ0) is 23.9. The minimum Gasteiger partial charge on any atom is -0.355 e. The predicted octanol–water partition coefficient (Wildman–Crippen LogP) is 3.19. The Hall–Kier alpha value is -2.65.